The molecule has 1 aliphatic heterocycles. The van der Waals surface area contributed by atoms with Crippen LogP contribution < -0.4 is 10.6 Å². The lowest BCUT2D eigenvalue weighted by Gasteiger charge is -2.34. The van der Waals surface area contributed by atoms with Gasteiger partial charge in [0.05, 0.1) is 29.0 Å². The van der Waals surface area contributed by atoms with Gasteiger partial charge in [0.15, 0.2) is 11.6 Å². The van der Waals surface area contributed by atoms with E-state index in [4.69, 9.17) is 15.5 Å². The lowest BCUT2D eigenvalue weighted by molar-refractivity contribution is 0.0985. The Morgan fingerprint density at radius 1 is 1.25 bits per heavy atom. The molecule has 0 spiro atoms. The van der Waals surface area contributed by atoms with Gasteiger partial charge in [0.2, 0.25) is 0 Å². The summed E-state index contributed by atoms with van der Waals surface area (Å²) in [6, 6.07) is 5.66. The van der Waals surface area contributed by atoms with E-state index in [-0.39, 0.29) is 11.3 Å². The smallest absolute Gasteiger partial charge is 0.167 e. The number of hydrogen-bond acceptors (Lipinski definition) is 8. The molecule has 28 heavy (non-hydrogen) atoms. The molecule has 1 saturated carbocycles. The van der Waals surface area contributed by atoms with E-state index in [2.05, 4.69) is 26.2 Å². The summed E-state index contributed by atoms with van der Waals surface area (Å²) in [6.07, 6.45) is 3.65. The van der Waals surface area contributed by atoms with Crippen molar-refractivity contribution in [3.8, 4) is 11.4 Å². The third-order valence-electron chi connectivity index (χ3n) is 5.01. The Labute approximate surface area is 165 Å². The summed E-state index contributed by atoms with van der Waals surface area (Å²) in [5, 5.41) is 0.162. The first-order chi connectivity index (χ1) is 13.3. The maximum absolute atomic E-state index is 12.9. The first-order valence-electron chi connectivity index (χ1n) is 9.51. The molecule has 9 heteroatoms. The number of nitrogen functional groups attached to an aromatic ring is 1. The predicted molar refractivity (Wildman–Crippen MR) is 111 cm³/mol. The molecule has 4 rings (SSSR count). The van der Waals surface area contributed by atoms with E-state index in [1.54, 1.807) is 12.3 Å². The van der Waals surface area contributed by atoms with Crippen LogP contribution in [0.3, 0.4) is 0 Å². The van der Waals surface area contributed by atoms with E-state index >= 15 is 0 Å². The van der Waals surface area contributed by atoms with Crippen molar-refractivity contribution in [2.75, 3.05) is 36.6 Å². The zero-order valence-corrected chi connectivity index (χ0v) is 17.3. The highest BCUT2D eigenvalue weighted by atomic mass is 32.2. The van der Waals surface area contributed by atoms with Crippen molar-refractivity contribution >= 4 is 27.2 Å². The number of ether oxygens (including phenoxy) is 1. The molecular formula is C19H26N6O2S. The summed E-state index contributed by atoms with van der Waals surface area (Å²) >= 11 is 0. The topological polar surface area (TPSA) is 107 Å². The third-order valence-corrected chi connectivity index (χ3v) is 7.27. The van der Waals surface area contributed by atoms with E-state index in [1.807, 2.05) is 19.1 Å². The second-order valence-corrected chi connectivity index (χ2v) is 10.2. The van der Waals surface area contributed by atoms with Gasteiger partial charge in [-0.3, -0.25) is 0 Å². The summed E-state index contributed by atoms with van der Waals surface area (Å²) in [4.78, 5) is 15.8. The fourth-order valence-corrected chi connectivity index (χ4v) is 5.03. The second-order valence-electron chi connectivity index (χ2n) is 7.60. The molecule has 150 valence electrons. The highest BCUT2D eigenvalue weighted by Crippen LogP contribution is 2.33. The number of hydrogen-bond donors (Lipinski definition) is 1. The van der Waals surface area contributed by atoms with Gasteiger partial charge in [0.25, 0.3) is 0 Å². The lowest BCUT2D eigenvalue weighted by atomic mass is 10.2. The molecule has 1 aliphatic carbocycles. The molecule has 2 aromatic heterocycles. The summed E-state index contributed by atoms with van der Waals surface area (Å²) in [5.41, 5.74) is 7.49. The summed E-state index contributed by atoms with van der Waals surface area (Å²) in [5.74, 6) is 2.14. The average Bonchev–Trinajstić information content (AvgIpc) is 3.46. The van der Waals surface area contributed by atoms with Crippen molar-refractivity contribution < 1.29 is 8.95 Å². The SMILES string of the molecule is Cc1cc(-c2nc(N=[S@](C)(=O)C3CC3)cc(N3CCOC[C@H]3C)n2)cc(N)n1. The van der Waals surface area contributed by atoms with Crippen molar-refractivity contribution in [1.29, 1.82) is 0 Å². The molecule has 3 heterocycles. The minimum absolute atomic E-state index is 0.162. The van der Waals surface area contributed by atoms with Crippen LogP contribution in [0.4, 0.5) is 17.5 Å². The summed E-state index contributed by atoms with van der Waals surface area (Å²) < 4.78 is 23.0. The minimum Gasteiger partial charge on any atom is -0.384 e. The quantitative estimate of drug-likeness (QED) is 0.837. The Kier molecular flexibility index (Phi) is 4.96. The van der Waals surface area contributed by atoms with Crippen LogP contribution in [0.5, 0.6) is 0 Å². The van der Waals surface area contributed by atoms with Crippen LogP contribution in [0.15, 0.2) is 22.6 Å². The van der Waals surface area contributed by atoms with E-state index in [1.165, 1.54) is 0 Å². The van der Waals surface area contributed by atoms with E-state index in [0.29, 0.717) is 30.7 Å². The van der Waals surface area contributed by atoms with Gasteiger partial charge in [0.1, 0.15) is 11.6 Å². The molecule has 2 N–H and O–H groups in total. The maximum atomic E-state index is 12.9. The molecule has 0 radical (unpaired) electrons. The van der Waals surface area contributed by atoms with Crippen molar-refractivity contribution in [1.82, 2.24) is 15.0 Å². The standard InChI is InChI=1S/C19H26N6O2S/c1-12-8-14(9-16(20)21-12)19-22-17(24-28(3,26)15-4-5-15)10-18(23-19)25-6-7-27-11-13(25)2/h8-10,13,15H,4-7,11H2,1-3H3,(H2,20,21)/t13-,28-/m1/s1. The minimum atomic E-state index is -2.31. The number of rotatable bonds is 4. The van der Waals surface area contributed by atoms with Crippen molar-refractivity contribution in [2.24, 2.45) is 4.36 Å². The highest BCUT2D eigenvalue weighted by Gasteiger charge is 2.31. The Morgan fingerprint density at radius 2 is 2.04 bits per heavy atom. The molecule has 2 aliphatic rings. The highest BCUT2D eigenvalue weighted by molar-refractivity contribution is 7.93. The predicted octanol–water partition coefficient (Wildman–Crippen LogP) is 2.55. The van der Waals surface area contributed by atoms with Gasteiger partial charge in [-0.2, -0.15) is 4.36 Å². The fourth-order valence-electron chi connectivity index (χ4n) is 3.40. The molecular weight excluding hydrogens is 376 g/mol. The van der Waals surface area contributed by atoms with Gasteiger partial charge in [-0.25, -0.2) is 19.2 Å². The van der Waals surface area contributed by atoms with Crippen molar-refractivity contribution in [2.45, 2.75) is 38.0 Å². The Hall–Kier alpha value is -2.26. The normalized spacial score (nSPS) is 22.0. The molecule has 0 bridgehead atoms. The van der Waals surface area contributed by atoms with Gasteiger partial charge in [-0.15, -0.1) is 0 Å². The molecule has 8 nitrogen and oxygen atoms in total. The summed E-state index contributed by atoms with van der Waals surface area (Å²) in [6.45, 7) is 5.99. The van der Waals surface area contributed by atoms with E-state index in [0.717, 1.165) is 36.5 Å². The zero-order valence-electron chi connectivity index (χ0n) is 16.5. The van der Waals surface area contributed by atoms with Gasteiger partial charge in [-0.05, 0) is 38.8 Å². The van der Waals surface area contributed by atoms with Crippen LogP contribution in [0, 0.1) is 6.92 Å². The van der Waals surface area contributed by atoms with Crippen LogP contribution >= 0.6 is 0 Å². The zero-order chi connectivity index (χ0) is 19.9. The monoisotopic (exact) mass is 402 g/mol. The molecule has 2 aromatic rings. The van der Waals surface area contributed by atoms with E-state index in [9.17, 15) is 4.21 Å². The Morgan fingerprint density at radius 3 is 2.71 bits per heavy atom. The maximum Gasteiger partial charge on any atom is 0.167 e. The lowest BCUT2D eigenvalue weighted by Crippen LogP contribution is -2.44. The fraction of sp³-hybridized carbons (Fsp3) is 0.526. The number of nitrogens with two attached hydrogens (primary N) is 1. The number of aryl methyl sites for hydroxylation is 1. The van der Waals surface area contributed by atoms with Crippen LogP contribution in [0.25, 0.3) is 11.4 Å². The van der Waals surface area contributed by atoms with Crippen LogP contribution in [0.2, 0.25) is 0 Å². The molecule has 2 atom stereocenters. The summed E-state index contributed by atoms with van der Waals surface area (Å²) in [7, 11) is -2.31. The Balaban J connectivity index is 1.84. The van der Waals surface area contributed by atoms with Gasteiger partial charge >= 0.3 is 0 Å². The molecule has 1 saturated heterocycles. The first-order valence-corrected chi connectivity index (χ1v) is 11.5. The van der Waals surface area contributed by atoms with Crippen LogP contribution in [-0.2, 0) is 14.5 Å². The number of morpholine rings is 1. The second kappa shape index (κ2) is 7.29. The number of pyridine rings is 1. The van der Waals surface area contributed by atoms with Crippen molar-refractivity contribution in [3.63, 3.8) is 0 Å². The van der Waals surface area contributed by atoms with Crippen LogP contribution in [-0.4, -0.2) is 56.5 Å². The molecule has 0 aromatic carbocycles. The van der Waals surface area contributed by atoms with Gasteiger partial charge < -0.3 is 15.4 Å². The number of anilines is 2. The largest absolute Gasteiger partial charge is 0.384 e. The van der Waals surface area contributed by atoms with Crippen molar-refractivity contribution in [3.05, 3.63) is 23.9 Å². The van der Waals surface area contributed by atoms with Gasteiger partial charge in [0, 0.05) is 35.4 Å². The number of nitrogens with zero attached hydrogens (tertiary/aromatic N) is 5. The third kappa shape index (κ3) is 4.10. The van der Waals surface area contributed by atoms with Gasteiger partial charge in [-0.1, -0.05) is 0 Å². The Bertz CT molecular complexity index is 993. The first kappa shape index (κ1) is 19.1. The van der Waals surface area contributed by atoms with Crippen LogP contribution in [0.1, 0.15) is 25.5 Å². The molecule has 0 unspecified atom stereocenters. The average molecular weight is 403 g/mol. The van der Waals surface area contributed by atoms with E-state index < -0.39 is 9.73 Å². The molecule has 2 fully saturated rings. The molecule has 0 amide bonds. The number of aromatic nitrogens is 3.